The maximum Gasteiger partial charge on any atom is 0.156 e. The number of nitrogens with zero attached hydrogens (tertiary/aromatic N) is 2. The molecule has 0 saturated carbocycles. The molecule has 0 amide bonds. The molecule has 2 aromatic carbocycles. The van der Waals surface area contributed by atoms with Crippen LogP contribution in [0.3, 0.4) is 0 Å². The molecule has 1 heterocycles. The van der Waals surface area contributed by atoms with Gasteiger partial charge in [0.05, 0.1) is 19.1 Å². The van der Waals surface area contributed by atoms with E-state index in [4.69, 9.17) is 4.74 Å². The Labute approximate surface area is 134 Å². The molecule has 1 saturated heterocycles. The largest absolute Gasteiger partial charge is 0.409 e. The number of benzene rings is 2. The number of morpholine rings is 1. The summed E-state index contributed by atoms with van der Waals surface area (Å²) < 4.78 is 18.7. The standard InChI is InChI=1S/C18H19FN2O2/c19-16-8-6-15(7-9-16)17(14-4-2-1-3-5-14)18(20-22)21-10-12-23-13-11-21/h1-9,17,22H,10-13H2. The van der Waals surface area contributed by atoms with E-state index in [1.54, 1.807) is 12.1 Å². The van der Waals surface area contributed by atoms with Crippen molar-refractivity contribution in [3.8, 4) is 0 Å². The van der Waals surface area contributed by atoms with Gasteiger partial charge >= 0.3 is 0 Å². The zero-order valence-electron chi connectivity index (χ0n) is 12.7. The van der Waals surface area contributed by atoms with E-state index in [2.05, 4.69) is 5.16 Å². The maximum absolute atomic E-state index is 13.3. The van der Waals surface area contributed by atoms with E-state index in [0.717, 1.165) is 11.1 Å². The smallest absolute Gasteiger partial charge is 0.156 e. The van der Waals surface area contributed by atoms with Crippen molar-refractivity contribution in [1.29, 1.82) is 0 Å². The van der Waals surface area contributed by atoms with Gasteiger partial charge in [0, 0.05) is 13.1 Å². The van der Waals surface area contributed by atoms with Crippen molar-refractivity contribution in [2.24, 2.45) is 5.16 Å². The molecule has 1 unspecified atom stereocenters. The summed E-state index contributed by atoms with van der Waals surface area (Å²) in [6.45, 7) is 2.54. The van der Waals surface area contributed by atoms with E-state index in [9.17, 15) is 9.60 Å². The highest BCUT2D eigenvalue weighted by atomic mass is 19.1. The number of amidine groups is 1. The van der Waals surface area contributed by atoms with Crippen molar-refractivity contribution in [3.63, 3.8) is 0 Å². The van der Waals surface area contributed by atoms with E-state index < -0.39 is 0 Å². The lowest BCUT2D eigenvalue weighted by Gasteiger charge is -2.33. The van der Waals surface area contributed by atoms with Crippen LogP contribution in [0.15, 0.2) is 59.8 Å². The Hall–Kier alpha value is -2.40. The molecule has 0 spiro atoms. The van der Waals surface area contributed by atoms with E-state index in [-0.39, 0.29) is 11.7 Å². The fraction of sp³-hybridized carbons (Fsp3) is 0.278. The lowest BCUT2D eigenvalue weighted by Crippen LogP contribution is -2.43. The molecule has 0 aromatic heterocycles. The Morgan fingerprint density at radius 2 is 1.61 bits per heavy atom. The molecule has 4 nitrogen and oxygen atoms in total. The molecular weight excluding hydrogens is 295 g/mol. The predicted octanol–water partition coefficient (Wildman–Crippen LogP) is 3.08. The van der Waals surface area contributed by atoms with Crippen LogP contribution in [0.4, 0.5) is 4.39 Å². The van der Waals surface area contributed by atoms with Crippen molar-refractivity contribution in [3.05, 3.63) is 71.5 Å². The minimum atomic E-state index is -0.283. The molecule has 0 bridgehead atoms. The van der Waals surface area contributed by atoms with Crippen molar-refractivity contribution in [1.82, 2.24) is 4.90 Å². The third kappa shape index (κ3) is 3.51. The SMILES string of the molecule is ON=C(C(c1ccccc1)c1ccc(F)cc1)N1CCOCC1. The Morgan fingerprint density at radius 3 is 2.22 bits per heavy atom. The first kappa shape index (κ1) is 15.5. The summed E-state index contributed by atoms with van der Waals surface area (Å²) in [5, 5.41) is 13.2. The van der Waals surface area contributed by atoms with Crippen LogP contribution in [0.5, 0.6) is 0 Å². The van der Waals surface area contributed by atoms with Crippen LogP contribution in [-0.4, -0.2) is 42.2 Å². The second-order valence-electron chi connectivity index (χ2n) is 5.45. The third-order valence-electron chi connectivity index (χ3n) is 4.03. The van der Waals surface area contributed by atoms with Gasteiger partial charge < -0.3 is 14.8 Å². The normalized spacial score (nSPS) is 17.1. The van der Waals surface area contributed by atoms with Crippen LogP contribution in [0.1, 0.15) is 17.0 Å². The van der Waals surface area contributed by atoms with E-state index in [1.807, 2.05) is 35.2 Å². The van der Waals surface area contributed by atoms with Crippen molar-refractivity contribution >= 4 is 5.84 Å². The average molecular weight is 314 g/mol. The van der Waals surface area contributed by atoms with Gasteiger partial charge in [-0.15, -0.1) is 0 Å². The summed E-state index contributed by atoms with van der Waals surface area (Å²) in [5.74, 6) is 0.0282. The summed E-state index contributed by atoms with van der Waals surface area (Å²) in [5.41, 5.74) is 1.88. The van der Waals surface area contributed by atoms with Gasteiger partial charge in [-0.25, -0.2) is 4.39 Å². The fourth-order valence-corrected chi connectivity index (χ4v) is 2.89. The Balaban J connectivity index is 2.01. The van der Waals surface area contributed by atoms with Crippen LogP contribution < -0.4 is 0 Å². The van der Waals surface area contributed by atoms with Gasteiger partial charge in [0.1, 0.15) is 5.82 Å². The molecule has 1 atom stereocenters. The second kappa shape index (κ2) is 7.24. The highest BCUT2D eigenvalue weighted by Crippen LogP contribution is 2.28. The number of hydrogen-bond donors (Lipinski definition) is 1. The quantitative estimate of drug-likeness (QED) is 0.410. The summed E-state index contributed by atoms with van der Waals surface area (Å²) in [4.78, 5) is 2.02. The summed E-state index contributed by atoms with van der Waals surface area (Å²) in [7, 11) is 0. The first-order chi connectivity index (χ1) is 11.3. The number of oxime groups is 1. The molecular formula is C18H19FN2O2. The third-order valence-corrected chi connectivity index (χ3v) is 4.03. The summed E-state index contributed by atoms with van der Waals surface area (Å²) in [6, 6.07) is 16.1. The van der Waals surface area contributed by atoms with E-state index in [0.29, 0.717) is 32.1 Å². The zero-order chi connectivity index (χ0) is 16.1. The lowest BCUT2D eigenvalue weighted by molar-refractivity contribution is 0.0654. The van der Waals surface area contributed by atoms with E-state index >= 15 is 0 Å². The van der Waals surface area contributed by atoms with Gasteiger partial charge in [-0.1, -0.05) is 47.6 Å². The summed E-state index contributed by atoms with van der Waals surface area (Å²) in [6.07, 6.45) is 0. The van der Waals surface area contributed by atoms with Crippen LogP contribution >= 0.6 is 0 Å². The predicted molar refractivity (Wildman–Crippen MR) is 86.3 cm³/mol. The molecule has 0 aliphatic carbocycles. The Morgan fingerprint density at radius 1 is 1.00 bits per heavy atom. The van der Waals surface area contributed by atoms with Gasteiger partial charge in [-0.3, -0.25) is 0 Å². The molecule has 1 N–H and O–H groups in total. The van der Waals surface area contributed by atoms with Crippen molar-refractivity contribution < 1.29 is 14.3 Å². The first-order valence-corrected chi connectivity index (χ1v) is 7.64. The molecule has 3 rings (SSSR count). The topological polar surface area (TPSA) is 45.1 Å². The highest BCUT2D eigenvalue weighted by molar-refractivity contribution is 5.91. The number of rotatable bonds is 3. The summed E-state index contributed by atoms with van der Waals surface area (Å²) >= 11 is 0. The number of hydrogen-bond acceptors (Lipinski definition) is 3. The monoisotopic (exact) mass is 314 g/mol. The molecule has 1 aliphatic heterocycles. The molecule has 23 heavy (non-hydrogen) atoms. The van der Waals surface area contributed by atoms with Gasteiger partial charge in [-0.05, 0) is 23.3 Å². The molecule has 120 valence electrons. The van der Waals surface area contributed by atoms with Crippen LogP contribution in [0.2, 0.25) is 0 Å². The first-order valence-electron chi connectivity index (χ1n) is 7.64. The molecule has 2 aromatic rings. The Kier molecular flexibility index (Phi) is 4.88. The fourth-order valence-electron chi connectivity index (χ4n) is 2.89. The second-order valence-corrected chi connectivity index (χ2v) is 5.45. The maximum atomic E-state index is 13.3. The van der Waals surface area contributed by atoms with Crippen LogP contribution in [0.25, 0.3) is 0 Å². The van der Waals surface area contributed by atoms with E-state index in [1.165, 1.54) is 12.1 Å². The zero-order valence-corrected chi connectivity index (χ0v) is 12.7. The van der Waals surface area contributed by atoms with Crippen molar-refractivity contribution in [2.75, 3.05) is 26.3 Å². The van der Waals surface area contributed by atoms with Crippen LogP contribution in [0, 0.1) is 5.82 Å². The van der Waals surface area contributed by atoms with Gasteiger partial charge in [0.15, 0.2) is 5.84 Å². The molecule has 5 heteroatoms. The highest BCUT2D eigenvalue weighted by Gasteiger charge is 2.27. The van der Waals surface area contributed by atoms with Gasteiger partial charge in [-0.2, -0.15) is 0 Å². The lowest BCUT2D eigenvalue weighted by atomic mass is 9.89. The van der Waals surface area contributed by atoms with Gasteiger partial charge in [0.2, 0.25) is 0 Å². The van der Waals surface area contributed by atoms with Gasteiger partial charge in [0.25, 0.3) is 0 Å². The molecule has 1 aliphatic rings. The van der Waals surface area contributed by atoms with Crippen molar-refractivity contribution in [2.45, 2.75) is 5.92 Å². The van der Waals surface area contributed by atoms with Crippen LogP contribution in [-0.2, 0) is 4.74 Å². The number of ether oxygens (including phenoxy) is 1. The number of halogens is 1. The Bertz CT molecular complexity index is 652. The minimum Gasteiger partial charge on any atom is -0.409 e. The molecule has 0 radical (unpaired) electrons. The molecule has 1 fully saturated rings. The average Bonchev–Trinajstić information content (AvgIpc) is 2.62. The minimum absolute atomic E-state index is 0.250.